The van der Waals surface area contributed by atoms with Gasteiger partial charge in [0.05, 0.1) is 0 Å². The molecule has 1 aromatic rings. The summed E-state index contributed by atoms with van der Waals surface area (Å²) in [4.78, 5) is 23.7. The first-order valence-corrected chi connectivity index (χ1v) is 11.5. The third kappa shape index (κ3) is 6.48. The Bertz CT molecular complexity index is 757. The van der Waals surface area contributed by atoms with Crippen molar-refractivity contribution in [2.75, 3.05) is 7.05 Å². The highest BCUT2D eigenvalue weighted by Gasteiger charge is 2.51. The molecule has 1 saturated carbocycles. The lowest BCUT2D eigenvalue weighted by Crippen LogP contribution is -2.44. The normalized spacial score (nSPS) is 20.7. The van der Waals surface area contributed by atoms with Crippen LogP contribution in [0.1, 0.15) is 82.3 Å². The average Bonchev–Trinajstić information content (AvgIpc) is 3.20. The predicted octanol–water partition coefficient (Wildman–Crippen LogP) is 4.72. The molecule has 0 spiro atoms. The molecule has 0 saturated heterocycles. The van der Waals surface area contributed by atoms with E-state index in [-0.39, 0.29) is 31.0 Å². The molecule has 1 aliphatic rings. The molecule has 5 nitrogen and oxygen atoms in total. The molecular weight excluding hydrogens is 402 g/mol. The van der Waals surface area contributed by atoms with Gasteiger partial charge in [0, 0.05) is 25.2 Å². The standard InChI is InChI=1S/C24H36F2N2O3/c1-3-4-5-6-7-8-9-10-17-11-12-18(21(26)20(17)25)16-28-19-13-14-24(15-19,23(30)31)22(29)27-2/h11-12,19,28H,3-10,13-16H2,1-2H3,(H,27,29)(H,30,31). The van der Waals surface area contributed by atoms with Gasteiger partial charge in [0.15, 0.2) is 11.6 Å². The van der Waals surface area contributed by atoms with Crippen molar-refractivity contribution < 1.29 is 23.5 Å². The molecule has 1 amide bonds. The number of hydrogen-bond acceptors (Lipinski definition) is 3. The quantitative estimate of drug-likeness (QED) is 0.308. The highest BCUT2D eigenvalue weighted by Crippen LogP contribution is 2.39. The lowest BCUT2D eigenvalue weighted by molar-refractivity contribution is -0.155. The topological polar surface area (TPSA) is 78.4 Å². The van der Waals surface area contributed by atoms with E-state index in [0.29, 0.717) is 18.4 Å². The zero-order valence-electron chi connectivity index (χ0n) is 18.7. The highest BCUT2D eigenvalue weighted by atomic mass is 19.2. The summed E-state index contributed by atoms with van der Waals surface area (Å²) in [6.45, 7) is 2.27. The van der Waals surface area contributed by atoms with Crippen molar-refractivity contribution in [3.63, 3.8) is 0 Å². The lowest BCUT2D eigenvalue weighted by atomic mass is 9.85. The molecule has 0 aliphatic heterocycles. The fraction of sp³-hybridized carbons (Fsp3) is 0.667. The Morgan fingerprint density at radius 1 is 1.06 bits per heavy atom. The number of rotatable bonds is 13. The SMILES string of the molecule is CCCCCCCCCc1ccc(CNC2CCC(C(=O)O)(C(=O)NC)C2)c(F)c1F. The van der Waals surface area contributed by atoms with E-state index in [9.17, 15) is 23.5 Å². The summed E-state index contributed by atoms with van der Waals surface area (Å²) in [6.07, 6.45) is 9.24. The van der Waals surface area contributed by atoms with Gasteiger partial charge in [0.25, 0.3) is 0 Å². The number of aryl methyl sites for hydroxylation is 1. The molecule has 7 heteroatoms. The molecule has 0 radical (unpaired) electrons. The van der Waals surface area contributed by atoms with E-state index in [1.807, 2.05) is 0 Å². The van der Waals surface area contributed by atoms with Gasteiger partial charge >= 0.3 is 5.97 Å². The summed E-state index contributed by atoms with van der Waals surface area (Å²) >= 11 is 0. The third-order valence-electron chi connectivity index (χ3n) is 6.46. The Morgan fingerprint density at radius 2 is 1.68 bits per heavy atom. The van der Waals surface area contributed by atoms with Crippen LogP contribution >= 0.6 is 0 Å². The van der Waals surface area contributed by atoms with Crippen LogP contribution in [0.25, 0.3) is 0 Å². The van der Waals surface area contributed by atoms with Crippen LogP contribution in [-0.4, -0.2) is 30.1 Å². The minimum absolute atomic E-state index is 0.0918. The number of carbonyl (C=O) groups is 2. The molecule has 0 bridgehead atoms. The molecule has 0 heterocycles. The van der Waals surface area contributed by atoms with Crippen LogP contribution in [0.2, 0.25) is 0 Å². The Balaban J connectivity index is 1.86. The van der Waals surface area contributed by atoms with Crippen molar-refractivity contribution in [2.45, 2.75) is 90.1 Å². The first kappa shape index (κ1) is 25.2. The first-order valence-electron chi connectivity index (χ1n) is 11.5. The van der Waals surface area contributed by atoms with Crippen LogP contribution < -0.4 is 10.6 Å². The largest absolute Gasteiger partial charge is 0.480 e. The van der Waals surface area contributed by atoms with Crippen LogP contribution in [0, 0.1) is 17.0 Å². The molecule has 174 valence electrons. The van der Waals surface area contributed by atoms with Crippen molar-refractivity contribution in [1.82, 2.24) is 10.6 Å². The fourth-order valence-corrected chi connectivity index (χ4v) is 4.44. The average molecular weight is 439 g/mol. The fourth-order valence-electron chi connectivity index (χ4n) is 4.44. The second kappa shape index (κ2) is 12.1. The van der Waals surface area contributed by atoms with Crippen molar-refractivity contribution >= 4 is 11.9 Å². The van der Waals surface area contributed by atoms with E-state index in [4.69, 9.17) is 0 Å². The van der Waals surface area contributed by atoms with Crippen LogP contribution in [-0.2, 0) is 22.6 Å². The number of carboxylic acids is 1. The lowest BCUT2D eigenvalue weighted by Gasteiger charge is -2.22. The van der Waals surface area contributed by atoms with Gasteiger partial charge in [-0.3, -0.25) is 9.59 Å². The zero-order valence-corrected chi connectivity index (χ0v) is 18.7. The molecule has 1 aliphatic carbocycles. The number of unbranched alkanes of at least 4 members (excludes halogenated alkanes) is 6. The molecule has 2 atom stereocenters. The van der Waals surface area contributed by atoms with Gasteiger partial charge in [-0.25, -0.2) is 8.78 Å². The number of nitrogens with one attached hydrogen (secondary N) is 2. The maximum absolute atomic E-state index is 14.5. The summed E-state index contributed by atoms with van der Waals surface area (Å²) in [5, 5.41) is 15.0. The van der Waals surface area contributed by atoms with Crippen molar-refractivity contribution in [2.24, 2.45) is 5.41 Å². The molecule has 2 unspecified atom stereocenters. The van der Waals surface area contributed by atoms with E-state index in [2.05, 4.69) is 17.6 Å². The monoisotopic (exact) mass is 438 g/mol. The maximum Gasteiger partial charge on any atom is 0.319 e. The van der Waals surface area contributed by atoms with Gasteiger partial charge in [-0.05, 0) is 37.7 Å². The van der Waals surface area contributed by atoms with Crippen molar-refractivity contribution in [3.05, 3.63) is 34.9 Å². The summed E-state index contributed by atoms with van der Waals surface area (Å²) < 4.78 is 29.0. The number of benzene rings is 1. The third-order valence-corrected chi connectivity index (χ3v) is 6.46. The molecule has 3 N–H and O–H groups in total. The maximum atomic E-state index is 14.5. The minimum atomic E-state index is -1.46. The van der Waals surface area contributed by atoms with Gasteiger partial charge in [0.1, 0.15) is 5.41 Å². The Hall–Kier alpha value is -2.02. The number of amides is 1. The van der Waals surface area contributed by atoms with E-state index in [1.165, 1.54) is 32.7 Å². The number of halogens is 2. The van der Waals surface area contributed by atoms with E-state index >= 15 is 0 Å². The highest BCUT2D eigenvalue weighted by molar-refractivity contribution is 6.02. The van der Waals surface area contributed by atoms with Crippen LogP contribution in [0.5, 0.6) is 0 Å². The summed E-state index contributed by atoms with van der Waals surface area (Å²) in [7, 11) is 1.42. The van der Waals surface area contributed by atoms with Crippen molar-refractivity contribution in [1.29, 1.82) is 0 Å². The second-order valence-electron chi connectivity index (χ2n) is 8.67. The number of carboxylic acid groups (broad SMARTS) is 1. The van der Waals surface area contributed by atoms with Crippen LogP contribution in [0.4, 0.5) is 8.78 Å². The molecule has 31 heavy (non-hydrogen) atoms. The van der Waals surface area contributed by atoms with Gasteiger partial charge < -0.3 is 15.7 Å². The predicted molar refractivity (Wildman–Crippen MR) is 117 cm³/mol. The molecule has 2 rings (SSSR count). The Kier molecular flexibility index (Phi) is 9.88. The Morgan fingerprint density at radius 3 is 2.32 bits per heavy atom. The van der Waals surface area contributed by atoms with E-state index in [1.54, 1.807) is 12.1 Å². The summed E-state index contributed by atoms with van der Waals surface area (Å²) in [5.41, 5.74) is -0.842. The minimum Gasteiger partial charge on any atom is -0.480 e. The van der Waals surface area contributed by atoms with Gasteiger partial charge in [-0.2, -0.15) is 0 Å². The summed E-state index contributed by atoms with van der Waals surface area (Å²) in [5.74, 6) is -3.30. The number of aliphatic carboxylic acids is 1. The molecule has 0 aromatic heterocycles. The smallest absolute Gasteiger partial charge is 0.319 e. The zero-order chi connectivity index (χ0) is 22.9. The van der Waals surface area contributed by atoms with Crippen LogP contribution in [0.15, 0.2) is 12.1 Å². The Labute approximate surface area is 184 Å². The number of carbonyl (C=O) groups excluding carboxylic acids is 1. The molecule has 1 fully saturated rings. The first-order chi connectivity index (χ1) is 14.9. The molecular formula is C24H36F2N2O3. The van der Waals surface area contributed by atoms with Crippen LogP contribution in [0.3, 0.4) is 0 Å². The van der Waals surface area contributed by atoms with Gasteiger partial charge in [-0.15, -0.1) is 0 Å². The van der Waals surface area contributed by atoms with Gasteiger partial charge in [0.2, 0.25) is 5.91 Å². The summed E-state index contributed by atoms with van der Waals surface area (Å²) in [6, 6.07) is 3.00. The van der Waals surface area contributed by atoms with E-state index < -0.39 is 28.9 Å². The van der Waals surface area contributed by atoms with E-state index in [0.717, 1.165) is 19.3 Å². The van der Waals surface area contributed by atoms with Gasteiger partial charge in [-0.1, -0.05) is 57.6 Å². The van der Waals surface area contributed by atoms with Crippen molar-refractivity contribution in [3.8, 4) is 0 Å². The molecule has 1 aromatic carbocycles. The number of hydrogen-bond donors (Lipinski definition) is 3. The second-order valence-corrected chi connectivity index (χ2v) is 8.67.